The van der Waals surface area contributed by atoms with Gasteiger partial charge in [-0.25, -0.2) is 9.18 Å². The lowest BCUT2D eigenvalue weighted by Crippen LogP contribution is -2.28. The number of amides is 1. The third-order valence-electron chi connectivity index (χ3n) is 4.46. The first-order valence-electron chi connectivity index (χ1n) is 8.38. The first-order chi connectivity index (χ1) is 12.9. The minimum atomic E-state index is -0.827. The molecule has 1 unspecified atom stereocenters. The summed E-state index contributed by atoms with van der Waals surface area (Å²) in [6, 6.07) is 9.29. The third-order valence-corrected chi connectivity index (χ3v) is 4.46. The highest BCUT2D eigenvalue weighted by atomic mass is 19.1. The van der Waals surface area contributed by atoms with Crippen LogP contribution in [-0.2, 0) is 14.4 Å². The van der Waals surface area contributed by atoms with E-state index in [-0.39, 0.29) is 12.2 Å². The molecular weight excluding hydrogens is 351 g/mol. The van der Waals surface area contributed by atoms with Gasteiger partial charge in [0.05, 0.1) is 18.4 Å². The van der Waals surface area contributed by atoms with E-state index >= 15 is 0 Å². The van der Waals surface area contributed by atoms with Crippen molar-refractivity contribution < 1.29 is 23.6 Å². The van der Waals surface area contributed by atoms with Gasteiger partial charge in [0.1, 0.15) is 5.82 Å². The Labute approximate surface area is 156 Å². The van der Waals surface area contributed by atoms with Crippen LogP contribution in [0.3, 0.4) is 0 Å². The maximum atomic E-state index is 13.4. The van der Waals surface area contributed by atoms with Crippen molar-refractivity contribution in [1.82, 2.24) is 0 Å². The summed E-state index contributed by atoms with van der Waals surface area (Å²) in [6.07, 6.45) is -0.601. The number of aryl methyl sites for hydroxylation is 1. The molecule has 6 nitrogen and oxygen atoms in total. The van der Waals surface area contributed by atoms with Crippen LogP contribution in [0.2, 0.25) is 0 Å². The highest BCUT2D eigenvalue weighted by Gasteiger charge is 2.29. The molecule has 2 aromatic carbocycles. The van der Waals surface area contributed by atoms with Crippen LogP contribution >= 0.6 is 0 Å². The number of rotatable bonds is 4. The average Bonchev–Trinajstić information content (AvgIpc) is 3.14. The van der Waals surface area contributed by atoms with Gasteiger partial charge in [-0.3, -0.25) is 4.79 Å². The van der Waals surface area contributed by atoms with Crippen LogP contribution in [0.1, 0.15) is 33.5 Å². The highest BCUT2D eigenvalue weighted by Crippen LogP contribution is 2.23. The van der Waals surface area contributed by atoms with E-state index in [2.05, 4.69) is 10.5 Å². The lowest BCUT2D eigenvalue weighted by Gasteiger charge is -2.13. The molecule has 1 amide bonds. The molecular formula is C20H19FN2O4. The Morgan fingerprint density at radius 1 is 1.26 bits per heavy atom. The Morgan fingerprint density at radius 3 is 2.74 bits per heavy atom. The number of hydrogen-bond donors (Lipinski definition) is 1. The van der Waals surface area contributed by atoms with Crippen molar-refractivity contribution >= 4 is 23.3 Å². The van der Waals surface area contributed by atoms with E-state index in [9.17, 15) is 14.0 Å². The zero-order valence-electron chi connectivity index (χ0n) is 15.2. The summed E-state index contributed by atoms with van der Waals surface area (Å²) >= 11 is 0. The number of methoxy groups -OCH3 is 1. The van der Waals surface area contributed by atoms with Crippen LogP contribution in [0.5, 0.6) is 0 Å². The number of benzene rings is 2. The van der Waals surface area contributed by atoms with Gasteiger partial charge in [-0.15, -0.1) is 0 Å². The first-order valence-corrected chi connectivity index (χ1v) is 8.38. The zero-order chi connectivity index (χ0) is 19.6. The molecule has 3 rings (SSSR count). The van der Waals surface area contributed by atoms with E-state index in [0.29, 0.717) is 22.5 Å². The number of hydrogen-bond acceptors (Lipinski definition) is 5. The van der Waals surface area contributed by atoms with Gasteiger partial charge in [-0.2, -0.15) is 0 Å². The molecule has 1 heterocycles. The van der Waals surface area contributed by atoms with Crippen molar-refractivity contribution in [3.05, 3.63) is 64.5 Å². The van der Waals surface area contributed by atoms with Crippen LogP contribution in [0.25, 0.3) is 0 Å². The van der Waals surface area contributed by atoms with Gasteiger partial charge < -0.3 is 14.9 Å². The summed E-state index contributed by atoms with van der Waals surface area (Å²) in [5.41, 5.74) is 3.56. The van der Waals surface area contributed by atoms with Gasteiger partial charge >= 0.3 is 5.97 Å². The molecule has 1 aliphatic heterocycles. The van der Waals surface area contributed by atoms with E-state index < -0.39 is 18.0 Å². The van der Waals surface area contributed by atoms with Crippen molar-refractivity contribution in [1.29, 1.82) is 0 Å². The Morgan fingerprint density at radius 2 is 2.04 bits per heavy atom. The monoisotopic (exact) mass is 370 g/mol. The third kappa shape index (κ3) is 3.97. The van der Waals surface area contributed by atoms with Gasteiger partial charge in [0.2, 0.25) is 6.10 Å². The molecule has 1 aliphatic rings. The molecule has 0 radical (unpaired) electrons. The molecule has 0 aliphatic carbocycles. The van der Waals surface area contributed by atoms with Crippen LogP contribution in [0, 0.1) is 19.7 Å². The summed E-state index contributed by atoms with van der Waals surface area (Å²) in [5.74, 6) is -1.25. The molecule has 7 heteroatoms. The molecule has 0 aromatic heterocycles. The molecule has 1 N–H and O–H groups in total. The molecule has 0 saturated carbocycles. The van der Waals surface area contributed by atoms with E-state index in [1.165, 1.54) is 19.2 Å². The first kappa shape index (κ1) is 18.6. The van der Waals surface area contributed by atoms with Crippen molar-refractivity contribution in [2.24, 2.45) is 5.16 Å². The lowest BCUT2D eigenvalue weighted by molar-refractivity contribution is -0.125. The van der Waals surface area contributed by atoms with E-state index in [1.54, 1.807) is 24.3 Å². The molecule has 0 spiro atoms. The second kappa shape index (κ2) is 7.57. The standard InChI is InChI=1S/C20H19FN2O4/c1-11-7-15(9-16(12(11)2)20(25)26-3)22-19(24)18-10-17(23-27-18)13-5-4-6-14(21)8-13/h4-9,18H,10H2,1-3H3,(H,22,24). The summed E-state index contributed by atoms with van der Waals surface area (Å²) in [6.45, 7) is 3.65. The summed E-state index contributed by atoms with van der Waals surface area (Å²) in [7, 11) is 1.31. The van der Waals surface area contributed by atoms with Crippen molar-refractivity contribution in [3.8, 4) is 0 Å². The summed E-state index contributed by atoms with van der Waals surface area (Å²) in [4.78, 5) is 29.6. The van der Waals surface area contributed by atoms with Gasteiger partial charge in [-0.05, 0) is 49.2 Å². The Bertz CT molecular complexity index is 940. The van der Waals surface area contributed by atoms with E-state index in [4.69, 9.17) is 9.57 Å². The Hall–Kier alpha value is -3.22. The minimum Gasteiger partial charge on any atom is -0.465 e. The Balaban J connectivity index is 1.72. The maximum absolute atomic E-state index is 13.4. The van der Waals surface area contributed by atoms with Crippen LogP contribution < -0.4 is 5.32 Å². The largest absolute Gasteiger partial charge is 0.465 e. The summed E-state index contributed by atoms with van der Waals surface area (Å²) < 4.78 is 18.1. The highest BCUT2D eigenvalue weighted by molar-refractivity contribution is 6.06. The predicted molar refractivity (Wildman–Crippen MR) is 98.3 cm³/mol. The SMILES string of the molecule is COC(=O)c1cc(NC(=O)C2CC(c3cccc(F)c3)=NO2)cc(C)c1C. The second-order valence-corrected chi connectivity index (χ2v) is 6.29. The zero-order valence-corrected chi connectivity index (χ0v) is 15.2. The topological polar surface area (TPSA) is 77.0 Å². The van der Waals surface area contributed by atoms with E-state index in [1.807, 2.05) is 13.8 Å². The molecule has 0 saturated heterocycles. The predicted octanol–water partition coefficient (Wildman–Crippen LogP) is 3.36. The maximum Gasteiger partial charge on any atom is 0.338 e. The van der Waals surface area contributed by atoms with Gasteiger partial charge in [0.15, 0.2) is 0 Å². The quantitative estimate of drug-likeness (QED) is 0.838. The fourth-order valence-electron chi connectivity index (χ4n) is 2.83. The number of nitrogens with zero attached hydrogens (tertiary/aromatic N) is 1. The number of nitrogens with one attached hydrogen (secondary N) is 1. The van der Waals surface area contributed by atoms with Crippen molar-refractivity contribution in [2.45, 2.75) is 26.4 Å². The number of halogens is 1. The fourth-order valence-corrected chi connectivity index (χ4v) is 2.83. The van der Waals surface area contributed by atoms with E-state index in [0.717, 1.165) is 11.1 Å². The lowest BCUT2D eigenvalue weighted by atomic mass is 10.0. The fraction of sp³-hybridized carbons (Fsp3) is 0.250. The van der Waals surface area contributed by atoms with Crippen molar-refractivity contribution in [3.63, 3.8) is 0 Å². The number of ether oxygens (including phenoxy) is 1. The molecule has 1 atom stereocenters. The normalized spacial score (nSPS) is 15.7. The summed E-state index contributed by atoms with van der Waals surface area (Å²) in [5, 5.41) is 6.63. The van der Waals surface area contributed by atoms with Gasteiger partial charge in [0, 0.05) is 17.7 Å². The van der Waals surface area contributed by atoms with Gasteiger partial charge in [0.25, 0.3) is 5.91 Å². The minimum absolute atomic E-state index is 0.226. The molecule has 2 aromatic rings. The van der Waals surface area contributed by atoms with Crippen LogP contribution in [0.4, 0.5) is 10.1 Å². The van der Waals surface area contributed by atoms with Crippen molar-refractivity contribution in [2.75, 3.05) is 12.4 Å². The number of anilines is 1. The number of carbonyl (C=O) groups excluding carboxylic acids is 2. The second-order valence-electron chi connectivity index (χ2n) is 6.29. The smallest absolute Gasteiger partial charge is 0.338 e. The number of oxime groups is 1. The molecule has 0 bridgehead atoms. The molecule has 140 valence electrons. The van der Waals surface area contributed by atoms with Gasteiger partial charge in [-0.1, -0.05) is 17.3 Å². The van der Waals surface area contributed by atoms with Crippen LogP contribution in [-0.4, -0.2) is 30.8 Å². The number of carbonyl (C=O) groups is 2. The molecule has 0 fully saturated rings. The Kier molecular flexibility index (Phi) is 5.21. The average molecular weight is 370 g/mol. The molecule has 27 heavy (non-hydrogen) atoms. The van der Waals surface area contributed by atoms with Crippen LogP contribution in [0.15, 0.2) is 41.6 Å². The number of esters is 1.